The molecule has 23 heavy (non-hydrogen) atoms. The van der Waals surface area contributed by atoms with Crippen LogP contribution in [0.15, 0.2) is 48.5 Å². The standard InChI is InChI=1S/C18H18O5/c1-3-22-17(19)14-5-4-6-15(11-14)18(20)23-12-13-7-9-16(21-2)10-8-13/h4-11H,3,12H2,1-2H3. The van der Waals surface area contributed by atoms with Crippen LogP contribution in [0, 0.1) is 0 Å². The summed E-state index contributed by atoms with van der Waals surface area (Å²) in [6, 6.07) is 13.5. The quantitative estimate of drug-likeness (QED) is 0.766. The second kappa shape index (κ2) is 7.98. The van der Waals surface area contributed by atoms with E-state index in [2.05, 4.69) is 0 Å². The Hall–Kier alpha value is -2.82. The number of esters is 2. The van der Waals surface area contributed by atoms with E-state index >= 15 is 0 Å². The van der Waals surface area contributed by atoms with E-state index in [1.165, 1.54) is 6.07 Å². The van der Waals surface area contributed by atoms with Crippen LogP contribution in [0.2, 0.25) is 0 Å². The lowest BCUT2D eigenvalue weighted by molar-refractivity contribution is 0.0472. The summed E-state index contributed by atoms with van der Waals surface area (Å²) in [7, 11) is 1.59. The van der Waals surface area contributed by atoms with Crippen LogP contribution in [0.4, 0.5) is 0 Å². The van der Waals surface area contributed by atoms with E-state index in [4.69, 9.17) is 14.2 Å². The molecule has 0 aliphatic heterocycles. The van der Waals surface area contributed by atoms with Gasteiger partial charge in [-0.2, -0.15) is 0 Å². The zero-order chi connectivity index (χ0) is 16.7. The highest BCUT2D eigenvalue weighted by Gasteiger charge is 2.12. The number of methoxy groups -OCH3 is 1. The average molecular weight is 314 g/mol. The van der Waals surface area contributed by atoms with Crippen LogP contribution in [0.5, 0.6) is 5.75 Å². The van der Waals surface area contributed by atoms with Gasteiger partial charge in [0.2, 0.25) is 0 Å². The molecule has 0 saturated carbocycles. The normalized spacial score (nSPS) is 10.0. The first-order valence-corrected chi connectivity index (χ1v) is 7.21. The molecule has 2 rings (SSSR count). The largest absolute Gasteiger partial charge is 0.497 e. The van der Waals surface area contributed by atoms with Crippen molar-refractivity contribution in [3.8, 4) is 5.75 Å². The molecular weight excluding hydrogens is 296 g/mol. The summed E-state index contributed by atoms with van der Waals surface area (Å²) >= 11 is 0. The Labute approximate surface area is 134 Å². The lowest BCUT2D eigenvalue weighted by Crippen LogP contribution is -2.09. The minimum Gasteiger partial charge on any atom is -0.497 e. The lowest BCUT2D eigenvalue weighted by Gasteiger charge is -2.07. The minimum atomic E-state index is -0.494. The summed E-state index contributed by atoms with van der Waals surface area (Å²) in [6.45, 7) is 2.16. The number of hydrogen-bond donors (Lipinski definition) is 0. The van der Waals surface area contributed by atoms with Crippen LogP contribution < -0.4 is 4.74 Å². The molecule has 0 amide bonds. The highest BCUT2D eigenvalue weighted by molar-refractivity contribution is 5.95. The van der Waals surface area contributed by atoms with Crippen LogP contribution in [0.1, 0.15) is 33.2 Å². The molecule has 0 spiro atoms. The summed E-state index contributed by atoms with van der Waals surface area (Å²) < 4.78 is 15.2. The van der Waals surface area contributed by atoms with Gasteiger partial charge in [-0.25, -0.2) is 9.59 Å². The fraction of sp³-hybridized carbons (Fsp3) is 0.222. The average Bonchev–Trinajstić information content (AvgIpc) is 2.60. The van der Waals surface area contributed by atoms with E-state index in [0.29, 0.717) is 11.1 Å². The van der Waals surface area contributed by atoms with E-state index in [9.17, 15) is 9.59 Å². The third-order valence-electron chi connectivity index (χ3n) is 3.14. The number of carbonyl (C=O) groups is 2. The summed E-state index contributed by atoms with van der Waals surface area (Å²) in [6.07, 6.45) is 0. The number of carbonyl (C=O) groups excluding carboxylic acids is 2. The molecule has 0 fully saturated rings. The van der Waals surface area contributed by atoms with E-state index in [-0.39, 0.29) is 13.2 Å². The van der Waals surface area contributed by atoms with Crippen molar-refractivity contribution in [3.63, 3.8) is 0 Å². The molecule has 120 valence electrons. The molecule has 2 aromatic rings. The van der Waals surface area contributed by atoms with Gasteiger partial charge in [0.1, 0.15) is 12.4 Å². The number of ether oxygens (including phenoxy) is 3. The topological polar surface area (TPSA) is 61.8 Å². The summed E-state index contributed by atoms with van der Waals surface area (Å²) in [4.78, 5) is 23.7. The number of benzene rings is 2. The summed E-state index contributed by atoms with van der Waals surface area (Å²) in [5.74, 6) is -0.216. The van der Waals surface area contributed by atoms with E-state index in [1.54, 1.807) is 44.4 Å². The molecule has 0 saturated heterocycles. The van der Waals surface area contributed by atoms with Gasteiger partial charge >= 0.3 is 11.9 Å². The Bertz CT molecular complexity index is 676. The van der Waals surface area contributed by atoms with Crippen molar-refractivity contribution >= 4 is 11.9 Å². The van der Waals surface area contributed by atoms with Gasteiger partial charge in [-0.15, -0.1) is 0 Å². The van der Waals surface area contributed by atoms with Gasteiger partial charge in [0.25, 0.3) is 0 Å². The Morgan fingerprint density at radius 3 is 2.09 bits per heavy atom. The van der Waals surface area contributed by atoms with Crippen molar-refractivity contribution in [3.05, 3.63) is 65.2 Å². The van der Waals surface area contributed by atoms with Gasteiger partial charge in [-0.1, -0.05) is 18.2 Å². The molecule has 0 unspecified atom stereocenters. The van der Waals surface area contributed by atoms with Crippen molar-refractivity contribution in [1.82, 2.24) is 0 Å². The maximum Gasteiger partial charge on any atom is 0.338 e. The highest BCUT2D eigenvalue weighted by Crippen LogP contribution is 2.13. The SMILES string of the molecule is CCOC(=O)c1cccc(C(=O)OCc2ccc(OC)cc2)c1. The van der Waals surface area contributed by atoms with Gasteiger partial charge in [-0.05, 0) is 42.8 Å². The Morgan fingerprint density at radius 2 is 1.52 bits per heavy atom. The maximum atomic E-state index is 12.1. The first-order valence-electron chi connectivity index (χ1n) is 7.21. The third kappa shape index (κ3) is 4.57. The minimum absolute atomic E-state index is 0.145. The molecule has 0 heterocycles. The monoisotopic (exact) mass is 314 g/mol. The summed E-state index contributed by atoms with van der Waals surface area (Å²) in [5.41, 5.74) is 1.48. The molecule has 0 aliphatic rings. The zero-order valence-corrected chi connectivity index (χ0v) is 13.1. The van der Waals surface area contributed by atoms with Crippen LogP contribution in [-0.2, 0) is 16.1 Å². The van der Waals surface area contributed by atoms with Crippen molar-refractivity contribution in [2.24, 2.45) is 0 Å². The van der Waals surface area contributed by atoms with Crippen LogP contribution >= 0.6 is 0 Å². The Morgan fingerprint density at radius 1 is 0.913 bits per heavy atom. The second-order valence-electron chi connectivity index (χ2n) is 4.73. The van der Waals surface area contributed by atoms with Crippen molar-refractivity contribution in [2.45, 2.75) is 13.5 Å². The van der Waals surface area contributed by atoms with Crippen LogP contribution in [0.25, 0.3) is 0 Å². The molecule has 5 heteroatoms. The van der Waals surface area contributed by atoms with Gasteiger partial charge in [-0.3, -0.25) is 0 Å². The molecule has 0 radical (unpaired) electrons. The molecule has 0 atom stereocenters. The lowest BCUT2D eigenvalue weighted by atomic mass is 10.1. The van der Waals surface area contributed by atoms with E-state index in [0.717, 1.165) is 11.3 Å². The van der Waals surface area contributed by atoms with Crippen molar-refractivity contribution in [2.75, 3.05) is 13.7 Å². The predicted octanol–water partition coefficient (Wildman–Crippen LogP) is 3.23. The Balaban J connectivity index is 1.99. The van der Waals surface area contributed by atoms with Crippen LogP contribution in [-0.4, -0.2) is 25.7 Å². The molecule has 0 N–H and O–H groups in total. The van der Waals surface area contributed by atoms with Gasteiger partial charge in [0.05, 0.1) is 24.8 Å². The van der Waals surface area contributed by atoms with E-state index < -0.39 is 11.9 Å². The molecule has 0 bridgehead atoms. The summed E-state index contributed by atoms with van der Waals surface area (Å²) in [5, 5.41) is 0. The molecule has 2 aromatic carbocycles. The molecule has 0 aliphatic carbocycles. The highest BCUT2D eigenvalue weighted by atomic mass is 16.5. The van der Waals surface area contributed by atoms with Gasteiger partial charge in [0.15, 0.2) is 0 Å². The molecular formula is C18H18O5. The predicted molar refractivity (Wildman–Crippen MR) is 84.5 cm³/mol. The van der Waals surface area contributed by atoms with Crippen LogP contribution in [0.3, 0.4) is 0 Å². The third-order valence-corrected chi connectivity index (χ3v) is 3.14. The number of rotatable bonds is 6. The van der Waals surface area contributed by atoms with E-state index in [1.807, 2.05) is 12.1 Å². The first kappa shape index (κ1) is 16.5. The molecule has 5 nitrogen and oxygen atoms in total. The van der Waals surface area contributed by atoms with Crippen molar-refractivity contribution in [1.29, 1.82) is 0 Å². The number of hydrogen-bond acceptors (Lipinski definition) is 5. The first-order chi connectivity index (χ1) is 11.1. The maximum absolute atomic E-state index is 12.1. The van der Waals surface area contributed by atoms with Crippen molar-refractivity contribution < 1.29 is 23.8 Å². The zero-order valence-electron chi connectivity index (χ0n) is 13.1. The Kier molecular flexibility index (Phi) is 5.74. The van der Waals surface area contributed by atoms with Gasteiger partial charge in [0, 0.05) is 0 Å². The fourth-order valence-electron chi connectivity index (χ4n) is 1.94. The second-order valence-corrected chi connectivity index (χ2v) is 4.73. The smallest absolute Gasteiger partial charge is 0.338 e. The fourth-order valence-corrected chi connectivity index (χ4v) is 1.94. The molecule has 0 aromatic heterocycles. The van der Waals surface area contributed by atoms with Gasteiger partial charge < -0.3 is 14.2 Å².